The van der Waals surface area contributed by atoms with E-state index in [1.165, 1.54) is 12.1 Å². The van der Waals surface area contributed by atoms with Crippen molar-refractivity contribution < 1.29 is 9.90 Å². The number of hydrogen-bond acceptors (Lipinski definition) is 4. The summed E-state index contributed by atoms with van der Waals surface area (Å²) in [7, 11) is 0. The Kier molecular flexibility index (Phi) is 3.87. The summed E-state index contributed by atoms with van der Waals surface area (Å²) in [6.45, 7) is 1.83. The summed E-state index contributed by atoms with van der Waals surface area (Å²) in [5, 5.41) is 13.1. The molecule has 0 saturated carbocycles. The second kappa shape index (κ2) is 5.77. The van der Waals surface area contributed by atoms with E-state index < -0.39 is 5.97 Å². The van der Waals surface area contributed by atoms with Crippen LogP contribution in [-0.2, 0) is 0 Å². The van der Waals surface area contributed by atoms with Gasteiger partial charge in [-0.25, -0.2) is 4.79 Å². The zero-order valence-electron chi connectivity index (χ0n) is 10.4. The van der Waals surface area contributed by atoms with Crippen molar-refractivity contribution in [1.82, 2.24) is 4.98 Å². The minimum Gasteiger partial charge on any atom is -0.478 e. The zero-order chi connectivity index (χ0) is 13.7. The second-order valence-corrected chi connectivity index (χ2v) is 3.91. The van der Waals surface area contributed by atoms with Crippen LogP contribution >= 0.6 is 0 Å². The maximum atomic E-state index is 10.8. The lowest BCUT2D eigenvalue weighted by molar-refractivity contribution is 0.0697. The Labute approximate surface area is 110 Å². The summed E-state index contributed by atoms with van der Waals surface area (Å²) >= 11 is 0. The van der Waals surface area contributed by atoms with Gasteiger partial charge in [0.1, 0.15) is 0 Å². The highest BCUT2D eigenvalue weighted by molar-refractivity contribution is 5.97. The van der Waals surface area contributed by atoms with Crippen molar-refractivity contribution in [2.45, 2.75) is 6.92 Å². The number of carboxylic acids is 1. The first-order chi connectivity index (χ1) is 9.16. The van der Waals surface area contributed by atoms with Gasteiger partial charge in [0.15, 0.2) is 0 Å². The van der Waals surface area contributed by atoms with Gasteiger partial charge in [-0.3, -0.25) is 10.4 Å². The van der Waals surface area contributed by atoms with Crippen molar-refractivity contribution in [1.29, 1.82) is 0 Å². The average Bonchev–Trinajstić information content (AvgIpc) is 2.46. The monoisotopic (exact) mass is 255 g/mol. The number of benzene rings is 1. The van der Waals surface area contributed by atoms with Gasteiger partial charge in [-0.1, -0.05) is 12.1 Å². The number of nitrogens with zero attached hydrogens (tertiary/aromatic N) is 2. The lowest BCUT2D eigenvalue weighted by Crippen LogP contribution is -2.02. The Hall–Kier alpha value is -2.69. The maximum Gasteiger partial charge on any atom is 0.335 e. The third kappa shape index (κ3) is 3.38. The van der Waals surface area contributed by atoms with Gasteiger partial charge in [0.2, 0.25) is 0 Å². The number of hydrogen-bond donors (Lipinski definition) is 2. The Morgan fingerprint density at radius 1 is 1.26 bits per heavy atom. The minimum atomic E-state index is -0.964. The lowest BCUT2D eigenvalue weighted by Gasteiger charge is -2.03. The smallest absolute Gasteiger partial charge is 0.335 e. The van der Waals surface area contributed by atoms with E-state index in [-0.39, 0.29) is 5.56 Å². The number of hydrazone groups is 1. The normalized spacial score (nSPS) is 11.1. The van der Waals surface area contributed by atoms with E-state index in [2.05, 4.69) is 15.5 Å². The quantitative estimate of drug-likeness (QED) is 0.650. The fourth-order valence-corrected chi connectivity index (χ4v) is 1.50. The fourth-order valence-electron chi connectivity index (χ4n) is 1.50. The third-order valence-corrected chi connectivity index (χ3v) is 2.50. The molecule has 0 fully saturated rings. The van der Waals surface area contributed by atoms with Crippen LogP contribution in [0.4, 0.5) is 5.69 Å². The molecule has 0 unspecified atom stereocenters. The van der Waals surface area contributed by atoms with Crippen LogP contribution in [0.25, 0.3) is 0 Å². The van der Waals surface area contributed by atoms with Crippen LogP contribution in [0.15, 0.2) is 53.8 Å². The van der Waals surface area contributed by atoms with E-state index in [4.69, 9.17) is 5.11 Å². The number of aromatic carboxylic acids is 1. The topological polar surface area (TPSA) is 74.6 Å². The number of carbonyl (C=O) groups is 1. The molecule has 0 aliphatic rings. The summed E-state index contributed by atoms with van der Waals surface area (Å²) in [6.07, 6.45) is 1.69. The molecule has 0 radical (unpaired) electrons. The molecule has 5 nitrogen and oxygen atoms in total. The molecule has 0 bridgehead atoms. The molecule has 5 heteroatoms. The van der Waals surface area contributed by atoms with Crippen molar-refractivity contribution in [3.63, 3.8) is 0 Å². The maximum absolute atomic E-state index is 10.8. The van der Waals surface area contributed by atoms with E-state index in [0.29, 0.717) is 5.69 Å². The van der Waals surface area contributed by atoms with Crippen molar-refractivity contribution in [3.05, 3.63) is 59.9 Å². The van der Waals surface area contributed by atoms with Gasteiger partial charge in [0.25, 0.3) is 0 Å². The van der Waals surface area contributed by atoms with Crippen LogP contribution in [0.1, 0.15) is 23.0 Å². The molecule has 0 aliphatic heterocycles. The van der Waals surface area contributed by atoms with Gasteiger partial charge in [0, 0.05) is 6.20 Å². The van der Waals surface area contributed by atoms with Gasteiger partial charge >= 0.3 is 5.97 Å². The highest BCUT2D eigenvalue weighted by Crippen LogP contribution is 2.11. The van der Waals surface area contributed by atoms with Gasteiger partial charge in [0.05, 0.1) is 22.7 Å². The Balaban J connectivity index is 2.14. The summed E-state index contributed by atoms with van der Waals surface area (Å²) in [5.74, 6) is -0.964. The predicted octanol–water partition coefficient (Wildman–Crippen LogP) is 2.62. The highest BCUT2D eigenvalue weighted by Gasteiger charge is 2.03. The van der Waals surface area contributed by atoms with Crippen LogP contribution in [0, 0.1) is 0 Å². The highest BCUT2D eigenvalue weighted by atomic mass is 16.4. The molecule has 1 aromatic heterocycles. The van der Waals surface area contributed by atoms with Crippen molar-refractivity contribution >= 4 is 17.4 Å². The Morgan fingerprint density at radius 3 is 2.79 bits per heavy atom. The molecule has 1 heterocycles. The molecule has 96 valence electrons. The molecule has 0 saturated heterocycles. The number of aromatic nitrogens is 1. The van der Waals surface area contributed by atoms with Gasteiger partial charge in [-0.2, -0.15) is 5.10 Å². The largest absolute Gasteiger partial charge is 0.478 e. The van der Waals surface area contributed by atoms with Gasteiger partial charge < -0.3 is 5.11 Å². The first-order valence-corrected chi connectivity index (χ1v) is 5.72. The summed E-state index contributed by atoms with van der Waals surface area (Å²) in [5.41, 5.74) is 5.15. The van der Waals surface area contributed by atoms with E-state index in [1.54, 1.807) is 18.3 Å². The van der Waals surface area contributed by atoms with E-state index in [9.17, 15) is 4.79 Å². The first kappa shape index (κ1) is 12.8. The van der Waals surface area contributed by atoms with Crippen LogP contribution in [0.2, 0.25) is 0 Å². The van der Waals surface area contributed by atoms with E-state index >= 15 is 0 Å². The van der Waals surface area contributed by atoms with Crippen LogP contribution < -0.4 is 5.43 Å². The number of pyridine rings is 1. The van der Waals surface area contributed by atoms with Crippen molar-refractivity contribution in [2.75, 3.05) is 5.43 Å². The summed E-state index contributed by atoms with van der Waals surface area (Å²) in [6, 6.07) is 12.0. The number of nitrogens with one attached hydrogen (secondary N) is 1. The van der Waals surface area contributed by atoms with E-state index in [1.807, 2.05) is 25.1 Å². The molecule has 0 spiro atoms. The van der Waals surface area contributed by atoms with Crippen LogP contribution in [0.3, 0.4) is 0 Å². The molecular weight excluding hydrogens is 242 g/mol. The SMILES string of the molecule is C/C(=N\Nc1cccc(C(=O)O)c1)c1ccccn1. The van der Waals surface area contributed by atoms with Crippen molar-refractivity contribution in [2.24, 2.45) is 5.10 Å². The van der Waals surface area contributed by atoms with Crippen molar-refractivity contribution in [3.8, 4) is 0 Å². The number of anilines is 1. The molecular formula is C14H13N3O2. The molecule has 19 heavy (non-hydrogen) atoms. The summed E-state index contributed by atoms with van der Waals surface area (Å²) < 4.78 is 0. The first-order valence-electron chi connectivity index (χ1n) is 5.72. The van der Waals surface area contributed by atoms with E-state index in [0.717, 1.165) is 11.4 Å². The Morgan fingerprint density at radius 2 is 2.11 bits per heavy atom. The predicted molar refractivity (Wildman–Crippen MR) is 73.5 cm³/mol. The zero-order valence-corrected chi connectivity index (χ0v) is 10.4. The molecule has 2 rings (SSSR count). The standard InChI is InChI=1S/C14H13N3O2/c1-10(13-7-2-3-8-15-13)16-17-12-6-4-5-11(9-12)14(18)19/h2-9,17H,1H3,(H,18,19)/b16-10+. The van der Waals surface area contributed by atoms with Crippen LogP contribution in [0.5, 0.6) is 0 Å². The molecule has 0 atom stereocenters. The van der Waals surface area contributed by atoms with Gasteiger partial charge in [-0.15, -0.1) is 0 Å². The summed E-state index contributed by atoms with van der Waals surface area (Å²) in [4.78, 5) is 15.0. The molecule has 2 aromatic rings. The number of carboxylic acid groups (broad SMARTS) is 1. The van der Waals surface area contributed by atoms with Crippen LogP contribution in [-0.4, -0.2) is 21.8 Å². The minimum absolute atomic E-state index is 0.218. The molecule has 0 amide bonds. The fraction of sp³-hybridized carbons (Fsp3) is 0.0714. The molecule has 2 N–H and O–H groups in total. The molecule has 1 aromatic carbocycles. The second-order valence-electron chi connectivity index (χ2n) is 3.91. The lowest BCUT2D eigenvalue weighted by atomic mass is 10.2. The van der Waals surface area contributed by atoms with Gasteiger partial charge in [-0.05, 0) is 37.3 Å². The number of rotatable bonds is 4. The molecule has 0 aliphatic carbocycles. The Bertz CT molecular complexity index is 609. The average molecular weight is 255 g/mol. The third-order valence-electron chi connectivity index (χ3n) is 2.50.